The summed E-state index contributed by atoms with van der Waals surface area (Å²) in [7, 11) is 0. The molecule has 2 N–H and O–H groups in total. The van der Waals surface area contributed by atoms with E-state index < -0.39 is 0 Å². The molecule has 2 aliphatic rings. The van der Waals surface area contributed by atoms with Crippen LogP contribution in [0.25, 0.3) is 0 Å². The van der Waals surface area contributed by atoms with Gasteiger partial charge in [-0.2, -0.15) is 0 Å². The predicted molar refractivity (Wildman–Crippen MR) is 76.3 cm³/mol. The number of aliphatic hydroxyl groups excluding tert-OH is 1. The minimum Gasteiger partial charge on any atom is -0.388 e. The van der Waals surface area contributed by atoms with E-state index in [1.807, 2.05) is 24.3 Å². The van der Waals surface area contributed by atoms with Gasteiger partial charge in [0.15, 0.2) is 0 Å². The molecule has 1 aliphatic carbocycles. The summed E-state index contributed by atoms with van der Waals surface area (Å²) in [5.41, 5.74) is 1.02. The van der Waals surface area contributed by atoms with Crippen molar-refractivity contribution in [2.45, 2.75) is 37.8 Å². The van der Waals surface area contributed by atoms with Gasteiger partial charge in [0.05, 0.1) is 6.10 Å². The Hall–Kier alpha value is -0.380. The first-order valence-corrected chi connectivity index (χ1v) is 7.70. The van der Waals surface area contributed by atoms with Crippen LogP contribution in [-0.2, 0) is 0 Å². The second-order valence-corrected chi connectivity index (χ2v) is 6.59. The van der Waals surface area contributed by atoms with Crippen molar-refractivity contribution in [1.82, 2.24) is 5.32 Å². The van der Waals surface area contributed by atoms with Gasteiger partial charge in [-0.25, -0.2) is 0 Å². The standard InChI is InChI=1S/C15H20BrNO/c16-12-5-1-3-10(7-12)15(18)8-14-13-6-2-4-11(13)9-17-14/h1,3,5,7,11,13-15,17-18H,2,4,6,8-9H2. The summed E-state index contributed by atoms with van der Waals surface area (Å²) in [6, 6.07) is 8.52. The van der Waals surface area contributed by atoms with Crippen LogP contribution in [-0.4, -0.2) is 17.7 Å². The number of rotatable bonds is 3. The summed E-state index contributed by atoms with van der Waals surface area (Å²) in [6.07, 6.45) is 4.59. The van der Waals surface area contributed by atoms with E-state index in [0.29, 0.717) is 6.04 Å². The molecule has 1 aromatic carbocycles. The third-order valence-electron chi connectivity index (χ3n) is 4.59. The zero-order chi connectivity index (χ0) is 12.5. The molecule has 3 heteroatoms. The molecule has 0 spiro atoms. The molecule has 0 radical (unpaired) electrons. The summed E-state index contributed by atoms with van der Waals surface area (Å²) >= 11 is 3.46. The molecule has 3 rings (SSSR count). The highest BCUT2D eigenvalue weighted by molar-refractivity contribution is 9.10. The minimum absolute atomic E-state index is 0.348. The Bertz CT molecular complexity index is 423. The molecular formula is C15H20BrNO. The van der Waals surface area contributed by atoms with Crippen LogP contribution in [0.5, 0.6) is 0 Å². The molecule has 1 aromatic rings. The van der Waals surface area contributed by atoms with Gasteiger partial charge in [-0.15, -0.1) is 0 Å². The lowest BCUT2D eigenvalue weighted by Crippen LogP contribution is -2.28. The van der Waals surface area contributed by atoms with Crippen LogP contribution < -0.4 is 5.32 Å². The van der Waals surface area contributed by atoms with Crippen molar-refractivity contribution >= 4 is 15.9 Å². The minimum atomic E-state index is -0.348. The Morgan fingerprint density at radius 2 is 2.28 bits per heavy atom. The van der Waals surface area contributed by atoms with E-state index in [1.54, 1.807) is 0 Å². The largest absolute Gasteiger partial charge is 0.388 e. The van der Waals surface area contributed by atoms with Crippen molar-refractivity contribution in [3.63, 3.8) is 0 Å². The van der Waals surface area contributed by atoms with Gasteiger partial charge in [0.25, 0.3) is 0 Å². The fourth-order valence-electron chi connectivity index (χ4n) is 3.65. The Kier molecular flexibility index (Phi) is 3.73. The summed E-state index contributed by atoms with van der Waals surface area (Å²) in [4.78, 5) is 0. The Morgan fingerprint density at radius 3 is 3.11 bits per heavy atom. The number of aliphatic hydroxyl groups is 1. The van der Waals surface area contributed by atoms with E-state index in [0.717, 1.165) is 34.8 Å². The molecule has 98 valence electrons. The van der Waals surface area contributed by atoms with E-state index in [2.05, 4.69) is 21.2 Å². The van der Waals surface area contributed by atoms with Crippen LogP contribution in [0.3, 0.4) is 0 Å². The van der Waals surface area contributed by atoms with Crippen LogP contribution in [0.15, 0.2) is 28.7 Å². The lowest BCUT2D eigenvalue weighted by Gasteiger charge is -2.21. The van der Waals surface area contributed by atoms with E-state index in [4.69, 9.17) is 0 Å². The van der Waals surface area contributed by atoms with Crippen molar-refractivity contribution in [2.24, 2.45) is 11.8 Å². The fourth-order valence-corrected chi connectivity index (χ4v) is 4.07. The van der Waals surface area contributed by atoms with Crippen LogP contribution >= 0.6 is 15.9 Å². The smallest absolute Gasteiger partial charge is 0.0805 e. The van der Waals surface area contributed by atoms with Gasteiger partial charge >= 0.3 is 0 Å². The van der Waals surface area contributed by atoms with Crippen molar-refractivity contribution in [1.29, 1.82) is 0 Å². The molecule has 1 aliphatic heterocycles. The molecule has 2 fully saturated rings. The van der Waals surface area contributed by atoms with Crippen molar-refractivity contribution in [2.75, 3.05) is 6.54 Å². The summed E-state index contributed by atoms with van der Waals surface area (Å²) in [6.45, 7) is 1.15. The second-order valence-electron chi connectivity index (χ2n) is 5.68. The molecule has 1 saturated heterocycles. The highest BCUT2D eigenvalue weighted by Crippen LogP contribution is 2.40. The number of hydrogen-bond donors (Lipinski definition) is 2. The maximum atomic E-state index is 10.4. The molecule has 4 unspecified atom stereocenters. The van der Waals surface area contributed by atoms with Gasteiger partial charge < -0.3 is 10.4 Å². The molecule has 0 aromatic heterocycles. The van der Waals surface area contributed by atoms with Gasteiger partial charge in [0.1, 0.15) is 0 Å². The SMILES string of the molecule is OC(CC1NCC2CCCC21)c1cccc(Br)c1. The predicted octanol–water partition coefficient (Wildman–Crippen LogP) is 3.26. The van der Waals surface area contributed by atoms with Gasteiger partial charge in [-0.05, 0) is 55.3 Å². The van der Waals surface area contributed by atoms with E-state index in [-0.39, 0.29) is 6.10 Å². The third-order valence-corrected chi connectivity index (χ3v) is 5.08. The topological polar surface area (TPSA) is 32.3 Å². The highest BCUT2D eigenvalue weighted by atomic mass is 79.9. The van der Waals surface area contributed by atoms with Gasteiger partial charge in [-0.3, -0.25) is 0 Å². The molecule has 18 heavy (non-hydrogen) atoms. The molecule has 0 bridgehead atoms. The summed E-state index contributed by atoms with van der Waals surface area (Å²) in [5, 5.41) is 14.0. The maximum Gasteiger partial charge on any atom is 0.0805 e. The normalized spacial score (nSPS) is 32.4. The Morgan fingerprint density at radius 1 is 1.39 bits per heavy atom. The van der Waals surface area contributed by atoms with Crippen LogP contribution in [0.2, 0.25) is 0 Å². The zero-order valence-electron chi connectivity index (χ0n) is 10.5. The lowest BCUT2D eigenvalue weighted by molar-refractivity contribution is 0.145. The van der Waals surface area contributed by atoms with E-state index >= 15 is 0 Å². The average molecular weight is 310 g/mol. The molecular weight excluding hydrogens is 290 g/mol. The average Bonchev–Trinajstić information content (AvgIpc) is 2.94. The quantitative estimate of drug-likeness (QED) is 0.898. The van der Waals surface area contributed by atoms with Gasteiger partial charge in [0.2, 0.25) is 0 Å². The second kappa shape index (κ2) is 5.32. The zero-order valence-corrected chi connectivity index (χ0v) is 12.1. The summed E-state index contributed by atoms with van der Waals surface area (Å²) in [5.74, 6) is 1.66. The fraction of sp³-hybridized carbons (Fsp3) is 0.600. The van der Waals surface area contributed by atoms with Crippen molar-refractivity contribution in [3.05, 3.63) is 34.3 Å². The maximum absolute atomic E-state index is 10.4. The summed E-state index contributed by atoms with van der Waals surface area (Å²) < 4.78 is 1.04. The Labute approximate surface area is 117 Å². The Balaban J connectivity index is 1.66. The van der Waals surface area contributed by atoms with Crippen molar-refractivity contribution in [3.8, 4) is 0 Å². The third kappa shape index (κ3) is 2.49. The molecule has 2 nitrogen and oxygen atoms in total. The monoisotopic (exact) mass is 309 g/mol. The molecule has 4 atom stereocenters. The molecule has 1 saturated carbocycles. The molecule has 1 heterocycles. The van der Waals surface area contributed by atoms with Crippen molar-refractivity contribution < 1.29 is 5.11 Å². The highest BCUT2D eigenvalue weighted by Gasteiger charge is 2.39. The first kappa shape index (κ1) is 12.6. The lowest BCUT2D eigenvalue weighted by atomic mass is 9.89. The van der Waals surface area contributed by atoms with Crippen LogP contribution in [0.1, 0.15) is 37.4 Å². The number of hydrogen-bond acceptors (Lipinski definition) is 2. The first-order valence-electron chi connectivity index (χ1n) is 6.91. The van der Waals surface area contributed by atoms with Gasteiger partial charge in [-0.1, -0.05) is 34.5 Å². The van der Waals surface area contributed by atoms with Crippen LogP contribution in [0, 0.1) is 11.8 Å². The van der Waals surface area contributed by atoms with E-state index in [9.17, 15) is 5.11 Å². The first-order chi connectivity index (χ1) is 8.74. The number of fused-ring (bicyclic) bond motifs is 1. The number of benzene rings is 1. The number of nitrogens with one attached hydrogen (secondary N) is 1. The molecule has 0 amide bonds. The van der Waals surface area contributed by atoms with E-state index in [1.165, 1.54) is 19.3 Å². The van der Waals surface area contributed by atoms with Crippen LogP contribution in [0.4, 0.5) is 0 Å². The van der Waals surface area contributed by atoms with Gasteiger partial charge in [0, 0.05) is 10.5 Å². The number of halogens is 1.